The van der Waals surface area contributed by atoms with E-state index in [-0.39, 0.29) is 17.3 Å². The smallest absolute Gasteiger partial charge is 0.128 e. The minimum atomic E-state index is -0.126. The average molecular weight is 235 g/mol. The summed E-state index contributed by atoms with van der Waals surface area (Å²) >= 11 is 0. The van der Waals surface area contributed by atoms with Crippen LogP contribution in [-0.2, 0) is 6.42 Å². The second-order valence-electron chi connectivity index (χ2n) is 5.33. The lowest BCUT2D eigenvalue weighted by atomic mass is 9.74. The van der Waals surface area contributed by atoms with E-state index in [1.54, 1.807) is 6.07 Å². The lowest BCUT2D eigenvalue weighted by molar-refractivity contribution is 0.199. The number of hydrogen-bond acceptors (Lipinski definition) is 1. The van der Waals surface area contributed by atoms with Crippen LogP contribution >= 0.6 is 0 Å². The summed E-state index contributed by atoms with van der Waals surface area (Å²) in [5.41, 5.74) is 8.35. The first-order valence-corrected chi connectivity index (χ1v) is 6.67. The summed E-state index contributed by atoms with van der Waals surface area (Å²) in [5, 5.41) is 0. The van der Waals surface area contributed by atoms with Crippen LogP contribution < -0.4 is 5.73 Å². The molecule has 0 fully saturated rings. The molecule has 0 spiro atoms. The fourth-order valence-corrected chi connectivity index (χ4v) is 3.49. The van der Waals surface area contributed by atoms with Gasteiger partial charge in [0.25, 0.3) is 0 Å². The molecule has 0 aliphatic heterocycles. The van der Waals surface area contributed by atoms with Gasteiger partial charge in [0.15, 0.2) is 0 Å². The molecule has 1 nitrogen and oxygen atoms in total. The van der Waals surface area contributed by atoms with Gasteiger partial charge in [0.2, 0.25) is 0 Å². The van der Waals surface area contributed by atoms with Crippen molar-refractivity contribution in [3.8, 4) is 0 Å². The predicted octanol–water partition coefficient (Wildman–Crippen LogP) is 3.97. The highest BCUT2D eigenvalue weighted by Crippen LogP contribution is 2.50. The van der Waals surface area contributed by atoms with Crippen molar-refractivity contribution in [1.29, 1.82) is 0 Å². The van der Waals surface area contributed by atoms with Gasteiger partial charge in [-0.2, -0.15) is 0 Å². The Balaban J connectivity index is 2.39. The van der Waals surface area contributed by atoms with Gasteiger partial charge in [0, 0.05) is 11.6 Å². The molecule has 0 heterocycles. The summed E-state index contributed by atoms with van der Waals surface area (Å²) in [6.45, 7) is 4.37. The molecule has 0 bridgehead atoms. The third kappa shape index (κ3) is 1.99. The van der Waals surface area contributed by atoms with Crippen LogP contribution in [0.2, 0.25) is 0 Å². The lowest BCUT2D eigenvalue weighted by Crippen LogP contribution is -2.31. The molecule has 2 rings (SSSR count). The molecule has 0 aromatic heterocycles. The van der Waals surface area contributed by atoms with Crippen molar-refractivity contribution in [2.75, 3.05) is 0 Å². The second-order valence-corrected chi connectivity index (χ2v) is 5.33. The Labute approximate surface area is 103 Å². The van der Waals surface area contributed by atoms with E-state index in [0.29, 0.717) is 0 Å². The number of hydrogen-bond donors (Lipinski definition) is 1. The highest BCUT2D eigenvalue weighted by atomic mass is 19.1. The highest BCUT2D eigenvalue weighted by molar-refractivity contribution is 5.39. The van der Waals surface area contributed by atoms with Gasteiger partial charge >= 0.3 is 0 Å². The molecule has 0 saturated carbocycles. The van der Waals surface area contributed by atoms with Crippen LogP contribution in [0.5, 0.6) is 0 Å². The van der Waals surface area contributed by atoms with Gasteiger partial charge in [-0.3, -0.25) is 0 Å². The second kappa shape index (κ2) is 4.77. The Hall–Kier alpha value is -0.890. The van der Waals surface area contributed by atoms with Crippen molar-refractivity contribution >= 4 is 0 Å². The third-order valence-electron chi connectivity index (χ3n) is 4.15. The topological polar surface area (TPSA) is 26.0 Å². The van der Waals surface area contributed by atoms with Crippen LogP contribution in [0.4, 0.5) is 4.39 Å². The van der Waals surface area contributed by atoms with E-state index in [1.165, 1.54) is 6.07 Å². The van der Waals surface area contributed by atoms with Crippen LogP contribution in [0.25, 0.3) is 0 Å². The quantitative estimate of drug-likeness (QED) is 0.839. The summed E-state index contributed by atoms with van der Waals surface area (Å²) in [6.07, 6.45) is 5.36. The van der Waals surface area contributed by atoms with E-state index in [0.717, 1.165) is 43.2 Å². The van der Waals surface area contributed by atoms with Crippen molar-refractivity contribution in [1.82, 2.24) is 0 Å². The molecule has 0 radical (unpaired) electrons. The monoisotopic (exact) mass is 235 g/mol. The zero-order valence-corrected chi connectivity index (χ0v) is 10.8. The van der Waals surface area contributed by atoms with Crippen molar-refractivity contribution in [2.45, 2.75) is 52.0 Å². The molecule has 1 atom stereocenters. The molecule has 1 aliphatic carbocycles. The maximum absolute atomic E-state index is 13.9. The van der Waals surface area contributed by atoms with E-state index in [2.05, 4.69) is 13.8 Å². The van der Waals surface area contributed by atoms with Gasteiger partial charge in [-0.05, 0) is 36.3 Å². The summed E-state index contributed by atoms with van der Waals surface area (Å²) < 4.78 is 13.9. The van der Waals surface area contributed by atoms with E-state index in [9.17, 15) is 4.39 Å². The van der Waals surface area contributed by atoms with Crippen LogP contribution in [0, 0.1) is 11.2 Å². The molecular formula is C15H22FN. The van der Waals surface area contributed by atoms with Gasteiger partial charge in [0.05, 0.1) is 0 Å². The van der Waals surface area contributed by atoms with E-state index >= 15 is 0 Å². The maximum Gasteiger partial charge on any atom is 0.128 e. The van der Waals surface area contributed by atoms with Crippen LogP contribution in [0.1, 0.15) is 56.7 Å². The van der Waals surface area contributed by atoms with Gasteiger partial charge in [-0.15, -0.1) is 0 Å². The number of benzene rings is 1. The zero-order chi connectivity index (χ0) is 12.5. The summed E-state index contributed by atoms with van der Waals surface area (Å²) in [5.74, 6) is -0.121. The van der Waals surface area contributed by atoms with E-state index in [1.807, 2.05) is 6.07 Å². The Morgan fingerprint density at radius 2 is 1.94 bits per heavy atom. The van der Waals surface area contributed by atoms with Crippen LogP contribution in [0.3, 0.4) is 0 Å². The minimum absolute atomic E-state index is 0.0913. The van der Waals surface area contributed by atoms with E-state index in [4.69, 9.17) is 5.73 Å². The standard InChI is InChI=1S/C15H22FN/c1-3-8-15(9-4-2)10-11-6-5-7-12(16)13(11)14(15)17/h5-7,14H,3-4,8-10,17H2,1-2H3/t14-/m1/s1. The van der Waals surface area contributed by atoms with Gasteiger partial charge < -0.3 is 5.73 Å². The Morgan fingerprint density at radius 3 is 2.47 bits per heavy atom. The van der Waals surface area contributed by atoms with Crippen molar-refractivity contribution in [3.63, 3.8) is 0 Å². The Kier molecular flexibility index (Phi) is 3.53. The van der Waals surface area contributed by atoms with Crippen molar-refractivity contribution < 1.29 is 4.39 Å². The van der Waals surface area contributed by atoms with Crippen LogP contribution in [-0.4, -0.2) is 0 Å². The average Bonchev–Trinajstić information content (AvgIpc) is 2.55. The summed E-state index contributed by atoms with van der Waals surface area (Å²) in [7, 11) is 0. The van der Waals surface area contributed by atoms with Crippen molar-refractivity contribution in [2.24, 2.45) is 11.1 Å². The molecule has 1 aliphatic rings. The van der Waals surface area contributed by atoms with E-state index < -0.39 is 0 Å². The molecule has 0 amide bonds. The molecule has 1 aromatic carbocycles. The van der Waals surface area contributed by atoms with Gasteiger partial charge in [0.1, 0.15) is 5.82 Å². The fraction of sp³-hybridized carbons (Fsp3) is 0.600. The third-order valence-corrected chi connectivity index (χ3v) is 4.15. The SMILES string of the molecule is CCCC1(CCC)Cc2cccc(F)c2[C@H]1N. The molecule has 1 aromatic rings. The maximum atomic E-state index is 13.9. The largest absolute Gasteiger partial charge is 0.323 e. The minimum Gasteiger partial charge on any atom is -0.323 e. The first kappa shape index (κ1) is 12.6. The molecule has 0 saturated heterocycles. The zero-order valence-electron chi connectivity index (χ0n) is 10.8. The lowest BCUT2D eigenvalue weighted by Gasteiger charge is -2.33. The molecule has 17 heavy (non-hydrogen) atoms. The highest BCUT2D eigenvalue weighted by Gasteiger charge is 2.43. The Morgan fingerprint density at radius 1 is 1.29 bits per heavy atom. The fourth-order valence-electron chi connectivity index (χ4n) is 3.49. The van der Waals surface area contributed by atoms with Gasteiger partial charge in [-0.1, -0.05) is 38.8 Å². The summed E-state index contributed by atoms with van der Waals surface area (Å²) in [6, 6.07) is 5.24. The molecule has 94 valence electrons. The predicted molar refractivity (Wildman–Crippen MR) is 69.3 cm³/mol. The first-order valence-electron chi connectivity index (χ1n) is 6.67. The summed E-state index contributed by atoms with van der Waals surface area (Å²) in [4.78, 5) is 0. The number of halogens is 1. The van der Waals surface area contributed by atoms with Crippen LogP contribution in [0.15, 0.2) is 18.2 Å². The normalized spacial score (nSPS) is 21.5. The molecule has 2 heteroatoms. The first-order chi connectivity index (χ1) is 8.14. The number of nitrogens with two attached hydrogens (primary N) is 1. The number of fused-ring (bicyclic) bond motifs is 1. The van der Waals surface area contributed by atoms with Gasteiger partial charge in [-0.25, -0.2) is 4.39 Å². The number of rotatable bonds is 4. The molecular weight excluding hydrogens is 213 g/mol. The van der Waals surface area contributed by atoms with Crippen molar-refractivity contribution in [3.05, 3.63) is 35.1 Å². The molecule has 2 N–H and O–H groups in total. The Bertz CT molecular complexity index is 394. The molecule has 0 unspecified atom stereocenters.